The van der Waals surface area contributed by atoms with Crippen LogP contribution in [0, 0.1) is 0 Å². The lowest BCUT2D eigenvalue weighted by molar-refractivity contribution is -0.137. The van der Waals surface area contributed by atoms with Crippen LogP contribution in [-0.4, -0.2) is 28.3 Å². The molecule has 0 saturated heterocycles. The molecule has 9 heteroatoms. The highest BCUT2D eigenvalue weighted by molar-refractivity contribution is 5.96. The molecule has 2 N–H and O–H groups in total. The van der Waals surface area contributed by atoms with Gasteiger partial charge in [0.1, 0.15) is 11.4 Å². The maximum Gasteiger partial charge on any atom is 0.416 e. The number of alkyl halides is 3. The van der Waals surface area contributed by atoms with Crippen molar-refractivity contribution in [2.24, 2.45) is 0 Å². The molecule has 2 heterocycles. The highest BCUT2D eigenvalue weighted by Crippen LogP contribution is 2.30. The Kier molecular flexibility index (Phi) is 5.68. The molecule has 0 aliphatic heterocycles. The lowest BCUT2D eigenvalue weighted by Crippen LogP contribution is -2.28. The third-order valence-electron chi connectivity index (χ3n) is 3.11. The fourth-order valence-corrected chi connectivity index (χ4v) is 1.94. The van der Waals surface area contributed by atoms with Crippen LogP contribution in [0.3, 0.4) is 0 Å². The number of carbonyl (C=O) groups excluding carboxylic acids is 2. The number of aromatic nitrogens is 2. The summed E-state index contributed by atoms with van der Waals surface area (Å²) in [5, 5.41) is 4.78. The number of nitrogens with zero attached hydrogens (tertiary/aromatic N) is 2. The van der Waals surface area contributed by atoms with Gasteiger partial charge < -0.3 is 10.6 Å². The van der Waals surface area contributed by atoms with Crippen LogP contribution >= 0.6 is 0 Å². The lowest BCUT2D eigenvalue weighted by Gasteiger charge is -2.11. The summed E-state index contributed by atoms with van der Waals surface area (Å²) in [5.41, 5.74) is -1.55. The van der Waals surface area contributed by atoms with Crippen molar-refractivity contribution in [3.05, 3.63) is 59.2 Å². The molecule has 0 unspecified atom stereocenters. The van der Waals surface area contributed by atoms with Crippen LogP contribution in [0.15, 0.2) is 36.5 Å². The quantitative estimate of drug-likeness (QED) is 0.864. The molecule has 0 saturated carbocycles. The van der Waals surface area contributed by atoms with Gasteiger partial charge in [-0.15, -0.1) is 0 Å². The maximum atomic E-state index is 13.0. The standard InChI is InChI=1S/C16H15F3N4O2/c1-2-20-14(24)12-7-10(16(17,18)19)8-13(23-12)15(25)22-9-11-5-3-4-6-21-11/h3-8H,2,9H2,1H3,(H,20,24)(H,22,25). The predicted octanol–water partition coefficient (Wildman–Crippen LogP) is 2.18. The molecule has 0 fully saturated rings. The van der Waals surface area contributed by atoms with Gasteiger partial charge in [0, 0.05) is 12.7 Å². The average molecular weight is 352 g/mol. The third kappa shape index (κ3) is 5.00. The van der Waals surface area contributed by atoms with E-state index in [-0.39, 0.29) is 13.1 Å². The van der Waals surface area contributed by atoms with Crippen molar-refractivity contribution in [1.82, 2.24) is 20.6 Å². The first-order valence-electron chi connectivity index (χ1n) is 7.37. The molecule has 2 rings (SSSR count). The van der Waals surface area contributed by atoms with E-state index in [4.69, 9.17) is 0 Å². The first kappa shape index (κ1) is 18.4. The van der Waals surface area contributed by atoms with Gasteiger partial charge in [-0.05, 0) is 31.2 Å². The zero-order valence-electron chi connectivity index (χ0n) is 13.2. The molecule has 6 nitrogen and oxygen atoms in total. The summed E-state index contributed by atoms with van der Waals surface area (Å²) in [6, 6.07) is 6.28. The topological polar surface area (TPSA) is 84.0 Å². The van der Waals surface area contributed by atoms with Crippen molar-refractivity contribution >= 4 is 11.8 Å². The first-order valence-corrected chi connectivity index (χ1v) is 7.37. The number of hydrogen-bond acceptors (Lipinski definition) is 4. The Morgan fingerprint density at radius 3 is 2.24 bits per heavy atom. The molecular formula is C16H15F3N4O2. The summed E-state index contributed by atoms with van der Waals surface area (Å²) in [6.07, 6.45) is -3.18. The third-order valence-corrected chi connectivity index (χ3v) is 3.11. The van der Waals surface area contributed by atoms with Crippen molar-refractivity contribution in [3.8, 4) is 0 Å². The van der Waals surface area contributed by atoms with Crippen LogP contribution in [0.25, 0.3) is 0 Å². The summed E-state index contributed by atoms with van der Waals surface area (Å²) in [4.78, 5) is 31.7. The van der Waals surface area contributed by atoms with Gasteiger partial charge in [-0.2, -0.15) is 13.2 Å². The summed E-state index contributed by atoms with van der Waals surface area (Å²) < 4.78 is 39.0. The van der Waals surface area contributed by atoms with Crippen LogP contribution in [-0.2, 0) is 12.7 Å². The van der Waals surface area contributed by atoms with E-state index in [0.717, 1.165) is 0 Å². The van der Waals surface area contributed by atoms with E-state index in [1.54, 1.807) is 25.1 Å². The van der Waals surface area contributed by atoms with Gasteiger partial charge in [0.2, 0.25) is 0 Å². The van der Waals surface area contributed by atoms with Crippen molar-refractivity contribution in [1.29, 1.82) is 0 Å². The largest absolute Gasteiger partial charge is 0.416 e. The zero-order valence-corrected chi connectivity index (χ0v) is 13.2. The molecule has 0 aliphatic carbocycles. The number of halogens is 3. The van der Waals surface area contributed by atoms with Gasteiger partial charge in [0.15, 0.2) is 0 Å². The van der Waals surface area contributed by atoms with Crippen LogP contribution in [0.2, 0.25) is 0 Å². The van der Waals surface area contributed by atoms with Crippen LogP contribution in [0.1, 0.15) is 39.2 Å². The molecule has 0 radical (unpaired) electrons. The summed E-state index contributed by atoms with van der Waals surface area (Å²) in [6.45, 7) is 1.86. The molecule has 132 valence electrons. The van der Waals surface area contributed by atoms with Crippen molar-refractivity contribution in [2.75, 3.05) is 6.54 Å². The number of pyridine rings is 2. The molecule has 0 atom stereocenters. The SMILES string of the molecule is CCNC(=O)c1cc(C(F)(F)F)cc(C(=O)NCc2ccccn2)n1. The van der Waals surface area contributed by atoms with Crippen LogP contribution in [0.4, 0.5) is 13.2 Å². The molecule has 0 aliphatic rings. The van der Waals surface area contributed by atoms with E-state index in [1.165, 1.54) is 6.20 Å². The lowest BCUT2D eigenvalue weighted by atomic mass is 10.1. The average Bonchev–Trinajstić information content (AvgIpc) is 2.59. The van der Waals surface area contributed by atoms with E-state index in [0.29, 0.717) is 17.8 Å². The molecule has 2 aromatic rings. The fourth-order valence-electron chi connectivity index (χ4n) is 1.94. The predicted molar refractivity (Wildman–Crippen MR) is 82.7 cm³/mol. The highest BCUT2D eigenvalue weighted by atomic mass is 19.4. The van der Waals surface area contributed by atoms with Crippen molar-refractivity contribution in [2.45, 2.75) is 19.6 Å². The smallest absolute Gasteiger partial charge is 0.351 e. The Hall–Kier alpha value is -2.97. The number of carbonyl (C=O) groups is 2. The van der Waals surface area contributed by atoms with E-state index >= 15 is 0 Å². The maximum absolute atomic E-state index is 13.0. The van der Waals surface area contributed by atoms with Gasteiger partial charge in [0.25, 0.3) is 11.8 Å². The summed E-state index contributed by atoms with van der Waals surface area (Å²) in [7, 11) is 0. The van der Waals surface area contributed by atoms with E-state index in [1.807, 2.05) is 0 Å². The minimum absolute atomic E-state index is 0.0219. The van der Waals surface area contributed by atoms with Gasteiger partial charge in [-0.25, -0.2) is 4.98 Å². The Balaban J connectivity index is 2.27. The van der Waals surface area contributed by atoms with Crippen molar-refractivity contribution < 1.29 is 22.8 Å². The van der Waals surface area contributed by atoms with E-state index < -0.39 is 34.9 Å². The molecule has 2 aromatic heterocycles. The number of amides is 2. The molecule has 2 amide bonds. The molecule has 25 heavy (non-hydrogen) atoms. The fraction of sp³-hybridized carbons (Fsp3) is 0.250. The molecular weight excluding hydrogens is 337 g/mol. The molecule has 0 bridgehead atoms. The second-order valence-corrected chi connectivity index (χ2v) is 4.99. The Labute approximate surface area is 141 Å². The second kappa shape index (κ2) is 7.73. The van der Waals surface area contributed by atoms with Crippen LogP contribution in [0.5, 0.6) is 0 Å². The minimum Gasteiger partial charge on any atom is -0.351 e. The normalized spacial score (nSPS) is 11.0. The zero-order chi connectivity index (χ0) is 18.4. The van der Waals surface area contributed by atoms with E-state index in [9.17, 15) is 22.8 Å². The highest BCUT2D eigenvalue weighted by Gasteiger charge is 2.33. The molecule has 0 spiro atoms. The first-order chi connectivity index (χ1) is 11.8. The monoisotopic (exact) mass is 352 g/mol. The number of hydrogen-bond donors (Lipinski definition) is 2. The van der Waals surface area contributed by atoms with Crippen LogP contribution < -0.4 is 10.6 Å². The number of rotatable bonds is 5. The number of nitrogens with one attached hydrogen (secondary N) is 2. The van der Waals surface area contributed by atoms with Gasteiger partial charge in [-0.3, -0.25) is 14.6 Å². The molecule has 0 aromatic carbocycles. The van der Waals surface area contributed by atoms with E-state index in [2.05, 4.69) is 20.6 Å². The summed E-state index contributed by atoms with van der Waals surface area (Å²) in [5.74, 6) is -1.62. The van der Waals surface area contributed by atoms with Gasteiger partial charge in [0.05, 0.1) is 17.8 Å². The van der Waals surface area contributed by atoms with Gasteiger partial charge in [-0.1, -0.05) is 6.07 Å². The second-order valence-electron chi connectivity index (χ2n) is 4.99. The Bertz CT molecular complexity index is 764. The summed E-state index contributed by atoms with van der Waals surface area (Å²) >= 11 is 0. The van der Waals surface area contributed by atoms with Crippen molar-refractivity contribution in [3.63, 3.8) is 0 Å². The minimum atomic E-state index is -4.71. The Morgan fingerprint density at radius 1 is 1.08 bits per heavy atom. The Morgan fingerprint density at radius 2 is 1.72 bits per heavy atom. The van der Waals surface area contributed by atoms with Gasteiger partial charge >= 0.3 is 6.18 Å².